The molecular weight excluding hydrogens is 200 g/mol. The lowest BCUT2D eigenvalue weighted by Gasteiger charge is -2.16. The first kappa shape index (κ1) is 12.5. The van der Waals surface area contributed by atoms with Gasteiger partial charge in [0, 0.05) is 6.54 Å². The summed E-state index contributed by atoms with van der Waals surface area (Å²) >= 11 is 0. The molecule has 1 aromatic rings. The van der Waals surface area contributed by atoms with Gasteiger partial charge in [0.25, 0.3) is 0 Å². The van der Waals surface area contributed by atoms with Gasteiger partial charge in [0.1, 0.15) is 5.75 Å². The van der Waals surface area contributed by atoms with Crippen LogP contribution in [0.15, 0.2) is 12.1 Å². The van der Waals surface area contributed by atoms with Gasteiger partial charge in [0.05, 0.1) is 19.7 Å². The quantitative estimate of drug-likeness (QED) is 0.727. The third-order valence-corrected chi connectivity index (χ3v) is 2.63. The van der Waals surface area contributed by atoms with Crippen LogP contribution in [-0.2, 0) is 6.54 Å². The zero-order valence-electron chi connectivity index (χ0n) is 10.4. The number of hydrogen-bond acceptors (Lipinski definition) is 3. The number of hydrogen-bond donors (Lipinski definition) is 0. The monoisotopic (exact) mass is 218 g/mol. The van der Waals surface area contributed by atoms with Crippen LogP contribution < -0.4 is 4.74 Å². The molecule has 0 atom stereocenters. The van der Waals surface area contributed by atoms with E-state index in [2.05, 4.69) is 19.1 Å². The molecule has 0 aliphatic carbocycles. The Labute approximate surface area is 97.3 Å². The fourth-order valence-electron chi connectivity index (χ4n) is 1.71. The van der Waals surface area contributed by atoms with E-state index < -0.39 is 0 Å². The first-order valence-corrected chi connectivity index (χ1v) is 5.28. The van der Waals surface area contributed by atoms with Gasteiger partial charge < -0.3 is 4.74 Å². The Morgan fingerprint density at radius 1 is 1.31 bits per heavy atom. The zero-order valence-corrected chi connectivity index (χ0v) is 10.4. The highest BCUT2D eigenvalue weighted by Gasteiger charge is 2.06. The van der Waals surface area contributed by atoms with Crippen molar-refractivity contribution in [2.24, 2.45) is 0 Å². The van der Waals surface area contributed by atoms with Crippen LogP contribution >= 0.6 is 0 Å². The van der Waals surface area contributed by atoms with Gasteiger partial charge in [0.2, 0.25) is 0 Å². The van der Waals surface area contributed by atoms with Gasteiger partial charge in [-0.25, -0.2) is 0 Å². The number of rotatable bonds is 4. The molecule has 0 saturated carbocycles. The van der Waals surface area contributed by atoms with Gasteiger partial charge in [-0.3, -0.25) is 4.90 Å². The second-order valence-electron chi connectivity index (χ2n) is 4.08. The SMILES string of the molecule is COc1cc(C)c(CN(C)CC#N)cc1C. The molecule has 1 aromatic carbocycles. The van der Waals surface area contributed by atoms with Crippen LogP contribution in [0.4, 0.5) is 0 Å². The van der Waals surface area contributed by atoms with Crippen molar-refractivity contribution in [3.05, 3.63) is 28.8 Å². The Morgan fingerprint density at radius 2 is 2.00 bits per heavy atom. The predicted molar refractivity (Wildman–Crippen MR) is 64.4 cm³/mol. The highest BCUT2D eigenvalue weighted by atomic mass is 16.5. The van der Waals surface area contributed by atoms with Gasteiger partial charge >= 0.3 is 0 Å². The highest BCUT2D eigenvalue weighted by molar-refractivity contribution is 5.41. The van der Waals surface area contributed by atoms with E-state index in [1.807, 2.05) is 24.9 Å². The summed E-state index contributed by atoms with van der Waals surface area (Å²) in [5.74, 6) is 0.921. The van der Waals surface area contributed by atoms with Gasteiger partial charge in [-0.1, -0.05) is 6.07 Å². The minimum absolute atomic E-state index is 0.449. The van der Waals surface area contributed by atoms with E-state index in [0.717, 1.165) is 17.9 Å². The van der Waals surface area contributed by atoms with Crippen LogP contribution in [0, 0.1) is 25.2 Å². The summed E-state index contributed by atoms with van der Waals surface area (Å²) < 4.78 is 5.27. The van der Waals surface area contributed by atoms with E-state index in [-0.39, 0.29) is 0 Å². The number of benzene rings is 1. The van der Waals surface area contributed by atoms with Crippen molar-refractivity contribution in [3.8, 4) is 11.8 Å². The normalized spacial score (nSPS) is 10.2. The van der Waals surface area contributed by atoms with Crippen molar-refractivity contribution in [1.82, 2.24) is 4.90 Å². The maximum absolute atomic E-state index is 8.61. The van der Waals surface area contributed by atoms with E-state index >= 15 is 0 Å². The van der Waals surface area contributed by atoms with Crippen LogP contribution in [0.5, 0.6) is 5.75 Å². The van der Waals surface area contributed by atoms with Crippen LogP contribution in [0.25, 0.3) is 0 Å². The fourth-order valence-corrected chi connectivity index (χ4v) is 1.71. The first-order valence-electron chi connectivity index (χ1n) is 5.28. The van der Waals surface area contributed by atoms with Gasteiger partial charge in [-0.2, -0.15) is 5.26 Å². The lowest BCUT2D eigenvalue weighted by molar-refractivity contribution is 0.365. The van der Waals surface area contributed by atoms with Gasteiger partial charge in [-0.15, -0.1) is 0 Å². The molecule has 0 spiro atoms. The third-order valence-electron chi connectivity index (χ3n) is 2.63. The molecule has 0 fully saturated rings. The van der Waals surface area contributed by atoms with E-state index in [1.165, 1.54) is 11.1 Å². The molecule has 16 heavy (non-hydrogen) atoms. The van der Waals surface area contributed by atoms with Crippen molar-refractivity contribution in [3.63, 3.8) is 0 Å². The molecule has 1 rings (SSSR count). The van der Waals surface area contributed by atoms with E-state index in [1.54, 1.807) is 7.11 Å². The van der Waals surface area contributed by atoms with Crippen molar-refractivity contribution in [2.75, 3.05) is 20.7 Å². The van der Waals surface area contributed by atoms with Crippen molar-refractivity contribution < 1.29 is 4.74 Å². The number of aryl methyl sites for hydroxylation is 2. The largest absolute Gasteiger partial charge is 0.496 e. The summed E-state index contributed by atoms with van der Waals surface area (Å²) in [7, 11) is 3.63. The minimum Gasteiger partial charge on any atom is -0.496 e. The average molecular weight is 218 g/mol. The zero-order chi connectivity index (χ0) is 12.1. The van der Waals surface area contributed by atoms with E-state index in [9.17, 15) is 0 Å². The van der Waals surface area contributed by atoms with Crippen LogP contribution in [-0.4, -0.2) is 25.6 Å². The topological polar surface area (TPSA) is 36.3 Å². The maximum atomic E-state index is 8.61. The summed E-state index contributed by atoms with van der Waals surface area (Å²) in [5, 5.41) is 8.61. The summed E-state index contributed by atoms with van der Waals surface area (Å²) in [6.07, 6.45) is 0. The number of ether oxygens (including phenoxy) is 1. The summed E-state index contributed by atoms with van der Waals surface area (Å²) in [6, 6.07) is 6.32. The lowest BCUT2D eigenvalue weighted by Crippen LogP contribution is -2.18. The first-order chi connectivity index (χ1) is 7.58. The summed E-state index contributed by atoms with van der Waals surface area (Å²) in [5.41, 5.74) is 3.58. The molecule has 0 amide bonds. The van der Waals surface area contributed by atoms with Gasteiger partial charge in [0.15, 0.2) is 0 Å². The molecular formula is C13H18N2O. The predicted octanol–water partition coefficient (Wildman–Crippen LogP) is 2.27. The second kappa shape index (κ2) is 5.53. The second-order valence-corrected chi connectivity index (χ2v) is 4.08. The standard InChI is InChI=1S/C13H18N2O/c1-10-8-13(16-4)11(2)7-12(10)9-15(3)6-5-14/h7-8H,6,9H2,1-4H3. The molecule has 0 saturated heterocycles. The molecule has 0 aromatic heterocycles. The van der Waals surface area contributed by atoms with E-state index in [4.69, 9.17) is 10.00 Å². The molecule has 86 valence electrons. The van der Waals surface area contributed by atoms with Crippen molar-refractivity contribution in [2.45, 2.75) is 20.4 Å². The number of nitriles is 1. The maximum Gasteiger partial charge on any atom is 0.122 e. The Balaban J connectivity index is 2.90. The summed E-state index contributed by atoms with van der Waals surface area (Å²) in [6.45, 7) is 5.35. The molecule has 3 heteroatoms. The smallest absolute Gasteiger partial charge is 0.122 e. The highest BCUT2D eigenvalue weighted by Crippen LogP contribution is 2.23. The Hall–Kier alpha value is -1.53. The molecule has 0 N–H and O–H groups in total. The van der Waals surface area contributed by atoms with Crippen molar-refractivity contribution in [1.29, 1.82) is 5.26 Å². The molecule has 0 unspecified atom stereocenters. The number of nitrogens with zero attached hydrogens (tertiary/aromatic N) is 2. The lowest BCUT2D eigenvalue weighted by atomic mass is 10.0. The minimum atomic E-state index is 0.449. The molecule has 0 heterocycles. The Bertz CT molecular complexity index is 407. The number of methoxy groups -OCH3 is 1. The summed E-state index contributed by atoms with van der Waals surface area (Å²) in [4.78, 5) is 1.99. The van der Waals surface area contributed by atoms with Gasteiger partial charge in [-0.05, 0) is 43.7 Å². The fraction of sp³-hybridized carbons (Fsp3) is 0.462. The Morgan fingerprint density at radius 3 is 2.56 bits per heavy atom. The van der Waals surface area contributed by atoms with Crippen LogP contribution in [0.1, 0.15) is 16.7 Å². The van der Waals surface area contributed by atoms with Crippen molar-refractivity contribution >= 4 is 0 Å². The molecule has 0 radical (unpaired) electrons. The molecule has 0 bridgehead atoms. The average Bonchev–Trinajstić information content (AvgIpc) is 2.23. The molecule has 0 aliphatic rings. The van der Waals surface area contributed by atoms with Crippen LogP contribution in [0.2, 0.25) is 0 Å². The molecule has 3 nitrogen and oxygen atoms in total. The Kier molecular flexibility index (Phi) is 4.33. The third kappa shape index (κ3) is 2.98. The molecule has 0 aliphatic heterocycles. The van der Waals surface area contributed by atoms with E-state index in [0.29, 0.717) is 6.54 Å². The van der Waals surface area contributed by atoms with Crippen LogP contribution in [0.3, 0.4) is 0 Å².